The maximum atomic E-state index is 3.88. The van der Waals surface area contributed by atoms with Crippen molar-refractivity contribution in [3.63, 3.8) is 0 Å². The van der Waals surface area contributed by atoms with Crippen LogP contribution in [0.4, 0.5) is 0 Å². The molecular weight excluding hydrogens is 198 g/mol. The molecule has 0 aliphatic carbocycles. The Kier molecular flexibility index (Phi) is 3.18. The van der Waals surface area contributed by atoms with Gasteiger partial charge in [0.25, 0.3) is 0 Å². The van der Waals surface area contributed by atoms with Gasteiger partial charge in [0.05, 0.1) is 5.66 Å². The molecule has 3 aliphatic rings. The van der Waals surface area contributed by atoms with Gasteiger partial charge in [-0.25, -0.2) is 0 Å². The number of likely N-dealkylation sites (tertiary alicyclic amines) is 1. The first kappa shape index (κ1) is 11.0. The van der Waals surface area contributed by atoms with E-state index in [2.05, 4.69) is 15.5 Å². The Balaban J connectivity index is 1.79. The minimum absolute atomic E-state index is 0.311. The third-order valence-electron chi connectivity index (χ3n) is 4.72. The first-order valence-corrected chi connectivity index (χ1v) is 7.15. The van der Waals surface area contributed by atoms with Gasteiger partial charge in [-0.1, -0.05) is 0 Å². The van der Waals surface area contributed by atoms with Gasteiger partial charge in [-0.05, 0) is 71.1 Å². The van der Waals surface area contributed by atoms with Gasteiger partial charge in [-0.3, -0.25) is 10.2 Å². The number of nitrogens with zero attached hydrogens (tertiary/aromatic N) is 1. The number of nitrogens with one attached hydrogen (secondary N) is 2. The molecule has 2 N–H and O–H groups in total. The van der Waals surface area contributed by atoms with Crippen LogP contribution in [0.5, 0.6) is 0 Å². The average molecular weight is 223 g/mol. The van der Waals surface area contributed by atoms with E-state index in [1.165, 1.54) is 71.1 Å². The average Bonchev–Trinajstić information content (AvgIpc) is 3.04. The lowest BCUT2D eigenvalue weighted by Gasteiger charge is -2.49. The molecule has 3 heterocycles. The highest BCUT2D eigenvalue weighted by Crippen LogP contribution is 2.33. The van der Waals surface area contributed by atoms with Crippen LogP contribution in [0.3, 0.4) is 0 Å². The van der Waals surface area contributed by atoms with Crippen LogP contribution >= 0.6 is 0 Å². The summed E-state index contributed by atoms with van der Waals surface area (Å²) >= 11 is 0. The van der Waals surface area contributed by atoms with Crippen LogP contribution in [0.2, 0.25) is 0 Å². The summed E-state index contributed by atoms with van der Waals surface area (Å²) in [6.07, 6.45) is 9.65. The number of hydrogen-bond acceptors (Lipinski definition) is 3. The summed E-state index contributed by atoms with van der Waals surface area (Å²) in [6, 6.07) is 0.700. The van der Waals surface area contributed by atoms with Gasteiger partial charge < -0.3 is 5.32 Å². The molecule has 3 saturated heterocycles. The predicted molar refractivity (Wildman–Crippen MR) is 66.4 cm³/mol. The molecule has 2 unspecified atom stereocenters. The van der Waals surface area contributed by atoms with E-state index in [-0.39, 0.29) is 0 Å². The van der Waals surface area contributed by atoms with E-state index in [4.69, 9.17) is 0 Å². The fourth-order valence-corrected chi connectivity index (χ4v) is 3.91. The van der Waals surface area contributed by atoms with Crippen molar-refractivity contribution >= 4 is 0 Å². The molecule has 0 amide bonds. The Morgan fingerprint density at radius 3 is 2.44 bits per heavy atom. The monoisotopic (exact) mass is 223 g/mol. The van der Waals surface area contributed by atoms with Gasteiger partial charge in [-0.2, -0.15) is 0 Å². The van der Waals surface area contributed by atoms with Crippen LogP contribution in [0.1, 0.15) is 44.9 Å². The van der Waals surface area contributed by atoms with Crippen LogP contribution in [0.25, 0.3) is 0 Å². The highest BCUT2D eigenvalue weighted by atomic mass is 15.4. The molecule has 3 nitrogen and oxygen atoms in total. The second-order valence-corrected chi connectivity index (χ2v) is 5.65. The van der Waals surface area contributed by atoms with Crippen molar-refractivity contribution < 1.29 is 0 Å². The van der Waals surface area contributed by atoms with Gasteiger partial charge in [-0.15, -0.1) is 0 Å². The van der Waals surface area contributed by atoms with E-state index in [1.807, 2.05) is 0 Å². The lowest BCUT2D eigenvalue weighted by molar-refractivity contribution is 0.0189. The van der Waals surface area contributed by atoms with Crippen molar-refractivity contribution in [1.29, 1.82) is 0 Å². The Morgan fingerprint density at radius 1 is 0.938 bits per heavy atom. The summed E-state index contributed by atoms with van der Waals surface area (Å²) in [7, 11) is 0. The van der Waals surface area contributed by atoms with Gasteiger partial charge in [0.15, 0.2) is 0 Å². The molecule has 0 radical (unpaired) electrons. The van der Waals surface area contributed by atoms with Crippen LogP contribution in [0, 0.1) is 0 Å². The van der Waals surface area contributed by atoms with Gasteiger partial charge >= 0.3 is 0 Å². The van der Waals surface area contributed by atoms with E-state index in [1.54, 1.807) is 0 Å². The molecule has 0 aromatic heterocycles. The molecule has 3 fully saturated rings. The SMILES string of the molecule is C1CCC(C2CCCN2)(N2CCCC2)NC1. The van der Waals surface area contributed by atoms with E-state index in [9.17, 15) is 0 Å². The molecule has 0 bridgehead atoms. The predicted octanol–water partition coefficient (Wildman–Crippen LogP) is 1.30. The molecule has 0 spiro atoms. The van der Waals surface area contributed by atoms with Crippen molar-refractivity contribution in [2.24, 2.45) is 0 Å². The quantitative estimate of drug-likeness (QED) is 0.739. The number of hydrogen-bond donors (Lipinski definition) is 2. The van der Waals surface area contributed by atoms with Crippen LogP contribution in [-0.4, -0.2) is 42.8 Å². The van der Waals surface area contributed by atoms with Crippen LogP contribution < -0.4 is 10.6 Å². The maximum Gasteiger partial charge on any atom is 0.0870 e. The number of piperidine rings is 1. The first-order valence-electron chi connectivity index (χ1n) is 7.15. The third kappa shape index (κ3) is 1.79. The smallest absolute Gasteiger partial charge is 0.0870 e. The van der Waals surface area contributed by atoms with Gasteiger partial charge in [0, 0.05) is 6.04 Å². The van der Waals surface area contributed by atoms with Crippen molar-refractivity contribution in [1.82, 2.24) is 15.5 Å². The maximum absolute atomic E-state index is 3.88. The Morgan fingerprint density at radius 2 is 1.81 bits per heavy atom. The molecule has 0 aromatic rings. The third-order valence-corrected chi connectivity index (χ3v) is 4.72. The summed E-state index contributed by atoms with van der Waals surface area (Å²) in [5.74, 6) is 0. The van der Waals surface area contributed by atoms with Gasteiger partial charge in [0.2, 0.25) is 0 Å². The summed E-state index contributed by atoms with van der Waals surface area (Å²) in [5.41, 5.74) is 0.311. The van der Waals surface area contributed by atoms with Crippen molar-refractivity contribution in [2.45, 2.75) is 56.7 Å². The highest BCUT2D eigenvalue weighted by molar-refractivity contribution is 5.03. The molecule has 3 heteroatoms. The minimum Gasteiger partial charge on any atom is -0.311 e. The summed E-state index contributed by atoms with van der Waals surface area (Å²) in [6.45, 7) is 5.06. The normalized spacial score (nSPS) is 41.6. The molecule has 3 rings (SSSR count). The topological polar surface area (TPSA) is 27.3 Å². The lowest BCUT2D eigenvalue weighted by Crippen LogP contribution is -2.68. The van der Waals surface area contributed by atoms with E-state index >= 15 is 0 Å². The Hall–Kier alpha value is -0.120. The zero-order chi connectivity index (χ0) is 10.8. The Labute approximate surface area is 99.0 Å². The van der Waals surface area contributed by atoms with Crippen LogP contribution in [-0.2, 0) is 0 Å². The van der Waals surface area contributed by atoms with Crippen molar-refractivity contribution in [3.8, 4) is 0 Å². The summed E-state index contributed by atoms with van der Waals surface area (Å²) < 4.78 is 0. The fourth-order valence-electron chi connectivity index (χ4n) is 3.91. The first-order chi connectivity index (χ1) is 7.92. The fraction of sp³-hybridized carbons (Fsp3) is 1.00. The summed E-state index contributed by atoms with van der Waals surface area (Å²) in [5, 5.41) is 7.62. The molecule has 2 atom stereocenters. The van der Waals surface area contributed by atoms with Gasteiger partial charge in [0.1, 0.15) is 0 Å². The van der Waals surface area contributed by atoms with E-state index in [0.717, 1.165) is 0 Å². The lowest BCUT2D eigenvalue weighted by atomic mass is 9.87. The zero-order valence-electron chi connectivity index (χ0n) is 10.3. The van der Waals surface area contributed by atoms with Crippen molar-refractivity contribution in [2.75, 3.05) is 26.2 Å². The molecule has 0 saturated carbocycles. The standard InChI is InChI=1S/C13H25N3/c1-2-9-15-13(7-1,12-6-5-8-14-12)16-10-3-4-11-16/h12,14-15H,1-11H2. The van der Waals surface area contributed by atoms with E-state index in [0.29, 0.717) is 11.7 Å². The molecule has 3 aliphatic heterocycles. The highest BCUT2D eigenvalue weighted by Gasteiger charge is 2.45. The molecule has 16 heavy (non-hydrogen) atoms. The Bertz CT molecular complexity index is 205. The van der Waals surface area contributed by atoms with Crippen molar-refractivity contribution in [3.05, 3.63) is 0 Å². The number of rotatable bonds is 2. The second kappa shape index (κ2) is 4.63. The zero-order valence-corrected chi connectivity index (χ0v) is 10.3. The molecule has 92 valence electrons. The molecular formula is C13H25N3. The summed E-state index contributed by atoms with van der Waals surface area (Å²) in [4.78, 5) is 2.75. The molecule has 0 aromatic carbocycles. The second-order valence-electron chi connectivity index (χ2n) is 5.65. The van der Waals surface area contributed by atoms with E-state index < -0.39 is 0 Å². The largest absolute Gasteiger partial charge is 0.311 e. The minimum atomic E-state index is 0.311. The van der Waals surface area contributed by atoms with Crippen LogP contribution in [0.15, 0.2) is 0 Å².